The SMILES string of the molecule is CCCc1ccc(C(F)(F)CC)nc1. The number of nitrogens with zero attached hydrogens (tertiary/aromatic N) is 1. The maximum atomic E-state index is 13.1. The first-order valence-electron chi connectivity index (χ1n) is 4.93. The number of alkyl halides is 2. The number of rotatable bonds is 4. The lowest BCUT2D eigenvalue weighted by atomic mass is 10.1. The highest BCUT2D eigenvalue weighted by molar-refractivity contribution is 5.17. The van der Waals surface area contributed by atoms with Gasteiger partial charge in [0.15, 0.2) is 0 Å². The van der Waals surface area contributed by atoms with Crippen LogP contribution < -0.4 is 0 Å². The predicted molar refractivity (Wildman–Crippen MR) is 52.4 cm³/mol. The van der Waals surface area contributed by atoms with Gasteiger partial charge < -0.3 is 0 Å². The molecule has 1 rings (SSSR count). The Morgan fingerprint density at radius 2 is 2.00 bits per heavy atom. The summed E-state index contributed by atoms with van der Waals surface area (Å²) in [6, 6.07) is 3.16. The molecule has 0 saturated heterocycles. The Balaban J connectivity index is 2.82. The third-order valence-corrected chi connectivity index (χ3v) is 2.18. The van der Waals surface area contributed by atoms with Crippen LogP contribution >= 0.6 is 0 Å². The van der Waals surface area contributed by atoms with Crippen LogP contribution in [0.2, 0.25) is 0 Å². The lowest BCUT2D eigenvalue weighted by Crippen LogP contribution is -2.13. The van der Waals surface area contributed by atoms with Gasteiger partial charge in [-0.3, -0.25) is 4.98 Å². The van der Waals surface area contributed by atoms with Crippen LogP contribution in [0.15, 0.2) is 18.3 Å². The van der Waals surface area contributed by atoms with Gasteiger partial charge in [0.1, 0.15) is 5.69 Å². The van der Waals surface area contributed by atoms with Gasteiger partial charge in [-0.15, -0.1) is 0 Å². The molecule has 0 fully saturated rings. The summed E-state index contributed by atoms with van der Waals surface area (Å²) >= 11 is 0. The Labute approximate surface area is 83.2 Å². The van der Waals surface area contributed by atoms with Crippen LogP contribution in [0.1, 0.15) is 37.9 Å². The first-order valence-corrected chi connectivity index (χ1v) is 4.93. The average Bonchev–Trinajstić information content (AvgIpc) is 2.19. The summed E-state index contributed by atoms with van der Waals surface area (Å²) in [7, 11) is 0. The molecule has 0 spiro atoms. The third-order valence-electron chi connectivity index (χ3n) is 2.18. The van der Waals surface area contributed by atoms with Crippen LogP contribution in [0.25, 0.3) is 0 Å². The highest BCUT2D eigenvalue weighted by Crippen LogP contribution is 2.29. The van der Waals surface area contributed by atoms with E-state index in [1.54, 1.807) is 12.3 Å². The van der Waals surface area contributed by atoms with Gasteiger partial charge in [0.25, 0.3) is 5.92 Å². The van der Waals surface area contributed by atoms with E-state index in [1.165, 1.54) is 13.0 Å². The van der Waals surface area contributed by atoms with Crippen molar-refractivity contribution in [3.05, 3.63) is 29.6 Å². The summed E-state index contributed by atoms with van der Waals surface area (Å²) in [5.41, 5.74) is 0.892. The molecule has 0 atom stereocenters. The van der Waals surface area contributed by atoms with Gasteiger partial charge in [0.2, 0.25) is 0 Å². The maximum Gasteiger partial charge on any atom is 0.289 e. The van der Waals surface area contributed by atoms with E-state index in [-0.39, 0.29) is 12.1 Å². The van der Waals surface area contributed by atoms with Crippen molar-refractivity contribution in [2.75, 3.05) is 0 Å². The second-order valence-electron chi connectivity index (χ2n) is 3.36. The molecule has 1 aromatic heterocycles. The van der Waals surface area contributed by atoms with E-state index >= 15 is 0 Å². The molecule has 78 valence electrons. The normalized spacial score (nSPS) is 11.7. The Kier molecular flexibility index (Phi) is 3.55. The lowest BCUT2D eigenvalue weighted by molar-refractivity contribution is -0.0128. The zero-order valence-corrected chi connectivity index (χ0v) is 8.56. The summed E-state index contributed by atoms with van der Waals surface area (Å²) < 4.78 is 26.3. The molecule has 0 aliphatic carbocycles. The topological polar surface area (TPSA) is 12.9 Å². The first-order chi connectivity index (χ1) is 6.60. The summed E-state index contributed by atoms with van der Waals surface area (Å²) in [5, 5.41) is 0. The summed E-state index contributed by atoms with van der Waals surface area (Å²) in [5.74, 6) is -2.79. The summed E-state index contributed by atoms with van der Waals surface area (Å²) in [4.78, 5) is 3.79. The summed E-state index contributed by atoms with van der Waals surface area (Å²) in [6.07, 6.45) is 3.24. The minimum absolute atomic E-state index is 0.125. The van der Waals surface area contributed by atoms with E-state index < -0.39 is 5.92 Å². The minimum Gasteiger partial charge on any atom is -0.255 e. The third kappa shape index (κ3) is 2.50. The smallest absolute Gasteiger partial charge is 0.255 e. The monoisotopic (exact) mass is 199 g/mol. The molecule has 0 aromatic carbocycles. The zero-order chi connectivity index (χ0) is 10.6. The van der Waals surface area contributed by atoms with Gasteiger partial charge in [0, 0.05) is 12.6 Å². The molecule has 1 heterocycles. The van der Waals surface area contributed by atoms with Gasteiger partial charge in [-0.25, -0.2) is 0 Å². The molecule has 14 heavy (non-hydrogen) atoms. The van der Waals surface area contributed by atoms with Gasteiger partial charge in [-0.1, -0.05) is 26.3 Å². The molecular weight excluding hydrogens is 184 g/mol. The Bertz CT molecular complexity index is 280. The van der Waals surface area contributed by atoms with Gasteiger partial charge in [-0.05, 0) is 18.1 Å². The highest BCUT2D eigenvalue weighted by Gasteiger charge is 2.30. The van der Waals surface area contributed by atoms with Crippen LogP contribution in [0.3, 0.4) is 0 Å². The van der Waals surface area contributed by atoms with Crippen LogP contribution in [0, 0.1) is 0 Å². The standard InChI is InChI=1S/C11H15F2N/c1-3-5-9-6-7-10(14-8-9)11(12,13)4-2/h6-8H,3-5H2,1-2H3. The number of pyridine rings is 1. The number of aryl methyl sites for hydroxylation is 1. The maximum absolute atomic E-state index is 13.1. The average molecular weight is 199 g/mol. The number of hydrogen-bond acceptors (Lipinski definition) is 1. The van der Waals surface area contributed by atoms with E-state index in [1.807, 2.05) is 0 Å². The van der Waals surface area contributed by atoms with E-state index in [2.05, 4.69) is 11.9 Å². The Morgan fingerprint density at radius 3 is 2.43 bits per heavy atom. The van der Waals surface area contributed by atoms with Crippen molar-refractivity contribution in [2.24, 2.45) is 0 Å². The predicted octanol–water partition coefficient (Wildman–Crippen LogP) is 3.54. The molecule has 0 saturated carbocycles. The second-order valence-corrected chi connectivity index (χ2v) is 3.36. The van der Waals surface area contributed by atoms with E-state index in [0.29, 0.717) is 0 Å². The fraction of sp³-hybridized carbons (Fsp3) is 0.545. The molecule has 1 nitrogen and oxygen atoms in total. The number of aromatic nitrogens is 1. The first kappa shape index (κ1) is 11.1. The van der Waals surface area contributed by atoms with Crippen molar-refractivity contribution < 1.29 is 8.78 Å². The van der Waals surface area contributed by atoms with Crippen LogP contribution in [-0.4, -0.2) is 4.98 Å². The zero-order valence-electron chi connectivity index (χ0n) is 8.56. The van der Waals surface area contributed by atoms with Crippen molar-refractivity contribution in [1.29, 1.82) is 0 Å². The largest absolute Gasteiger partial charge is 0.289 e. The second kappa shape index (κ2) is 4.49. The Hall–Kier alpha value is -0.990. The molecule has 1 aromatic rings. The van der Waals surface area contributed by atoms with Gasteiger partial charge >= 0.3 is 0 Å². The molecule has 0 amide bonds. The van der Waals surface area contributed by atoms with Gasteiger partial charge in [0.05, 0.1) is 0 Å². The van der Waals surface area contributed by atoms with Gasteiger partial charge in [-0.2, -0.15) is 8.78 Å². The molecule has 0 aliphatic heterocycles. The van der Waals surface area contributed by atoms with Crippen LogP contribution in [0.4, 0.5) is 8.78 Å². The Morgan fingerprint density at radius 1 is 1.29 bits per heavy atom. The van der Waals surface area contributed by atoms with E-state index in [0.717, 1.165) is 18.4 Å². The molecule has 0 aliphatic rings. The molecular formula is C11H15F2N. The summed E-state index contributed by atoms with van der Waals surface area (Å²) in [6.45, 7) is 3.51. The van der Waals surface area contributed by atoms with Crippen LogP contribution in [-0.2, 0) is 12.3 Å². The number of hydrogen-bond donors (Lipinski definition) is 0. The molecule has 3 heteroatoms. The lowest BCUT2D eigenvalue weighted by Gasteiger charge is -2.13. The molecule has 0 N–H and O–H groups in total. The van der Waals surface area contributed by atoms with Crippen molar-refractivity contribution in [3.63, 3.8) is 0 Å². The van der Waals surface area contributed by atoms with Crippen LogP contribution in [0.5, 0.6) is 0 Å². The number of halogens is 2. The minimum atomic E-state index is -2.79. The van der Waals surface area contributed by atoms with Crippen molar-refractivity contribution in [1.82, 2.24) is 4.98 Å². The highest BCUT2D eigenvalue weighted by atomic mass is 19.3. The fourth-order valence-corrected chi connectivity index (χ4v) is 1.26. The van der Waals surface area contributed by atoms with E-state index in [4.69, 9.17) is 0 Å². The molecule has 0 bridgehead atoms. The quantitative estimate of drug-likeness (QED) is 0.722. The molecule has 0 radical (unpaired) electrons. The fourth-order valence-electron chi connectivity index (χ4n) is 1.26. The van der Waals surface area contributed by atoms with E-state index in [9.17, 15) is 8.78 Å². The molecule has 0 unspecified atom stereocenters. The van der Waals surface area contributed by atoms with Crippen molar-refractivity contribution in [3.8, 4) is 0 Å². The van der Waals surface area contributed by atoms with Crippen molar-refractivity contribution in [2.45, 2.75) is 39.0 Å². The van der Waals surface area contributed by atoms with Crippen molar-refractivity contribution >= 4 is 0 Å².